The van der Waals surface area contributed by atoms with E-state index >= 15 is 0 Å². The first kappa shape index (κ1) is 10.3. The summed E-state index contributed by atoms with van der Waals surface area (Å²) < 4.78 is 5.33. The second-order valence-electron chi connectivity index (χ2n) is 3.59. The average Bonchev–Trinajstić information content (AvgIpc) is 2.55. The molecule has 0 spiro atoms. The maximum Gasteiger partial charge on any atom is 0.351 e. The minimum atomic E-state index is -0.187. The van der Waals surface area contributed by atoms with Crippen molar-refractivity contribution < 1.29 is 4.42 Å². The van der Waals surface area contributed by atoms with Crippen LogP contribution in [-0.2, 0) is 0 Å². The Morgan fingerprint density at radius 2 is 1.81 bits per heavy atom. The van der Waals surface area contributed by atoms with Crippen LogP contribution < -0.4 is 5.63 Å². The third-order valence-corrected chi connectivity index (χ3v) is 4.99. The monoisotopic (exact) mass is 250 g/mol. The summed E-state index contributed by atoms with van der Waals surface area (Å²) in [6, 6.07) is 7.76. The van der Waals surface area contributed by atoms with Crippen LogP contribution >= 0.6 is 23.5 Å². The van der Waals surface area contributed by atoms with E-state index in [1.165, 1.54) is 0 Å². The minimum absolute atomic E-state index is 0.187. The van der Waals surface area contributed by atoms with Gasteiger partial charge in [0.2, 0.25) is 0 Å². The van der Waals surface area contributed by atoms with E-state index in [0.29, 0.717) is 5.58 Å². The van der Waals surface area contributed by atoms with Gasteiger partial charge >= 0.3 is 5.63 Å². The molecule has 4 heteroatoms. The lowest BCUT2D eigenvalue weighted by Crippen LogP contribution is -2.03. The number of hydrogen-bond donors (Lipinski definition) is 0. The summed E-state index contributed by atoms with van der Waals surface area (Å²) in [5.41, 5.74) is 0.509. The summed E-state index contributed by atoms with van der Waals surface area (Å²) >= 11 is 3.40. The van der Waals surface area contributed by atoms with E-state index in [9.17, 15) is 4.79 Å². The van der Waals surface area contributed by atoms with E-state index in [4.69, 9.17) is 4.42 Å². The highest BCUT2D eigenvalue weighted by Gasteiger charge is 2.17. The summed E-state index contributed by atoms with van der Waals surface area (Å²) in [6.45, 7) is 0. The first-order valence-corrected chi connectivity index (χ1v) is 7.15. The molecule has 0 radical (unpaired) electrons. The normalized spacial score (nSPS) is 15.8. The lowest BCUT2D eigenvalue weighted by molar-refractivity contribution is 0.537. The number of benzene rings is 1. The van der Waals surface area contributed by atoms with Crippen LogP contribution in [0.3, 0.4) is 0 Å². The summed E-state index contributed by atoms with van der Waals surface area (Å²) in [5, 5.41) is 1.07. The summed E-state index contributed by atoms with van der Waals surface area (Å²) in [5.74, 6) is 2.08. The first-order valence-electron chi connectivity index (χ1n) is 5.18. The van der Waals surface area contributed by atoms with Crippen molar-refractivity contribution >= 4 is 34.5 Å². The predicted octanol–water partition coefficient (Wildman–Crippen LogP) is 3.38. The molecule has 0 bridgehead atoms. The van der Waals surface area contributed by atoms with Crippen LogP contribution in [0.5, 0.6) is 0 Å². The number of para-hydroxylation sites is 1. The van der Waals surface area contributed by atoms with Gasteiger partial charge in [0.1, 0.15) is 10.5 Å². The number of hydrogen-bond acceptors (Lipinski definition) is 4. The Morgan fingerprint density at radius 3 is 2.69 bits per heavy atom. The van der Waals surface area contributed by atoms with Crippen LogP contribution in [0.25, 0.3) is 11.0 Å². The van der Waals surface area contributed by atoms with E-state index in [1.807, 2.05) is 24.3 Å². The SMILES string of the molecule is O=c1oc2ccccc2c2c1SCCCS2. The topological polar surface area (TPSA) is 30.2 Å². The fourth-order valence-corrected chi connectivity index (χ4v) is 4.24. The molecule has 82 valence electrons. The standard InChI is InChI=1S/C12H10O2S2/c13-12-11-10(15-6-3-7-16-11)8-4-1-2-5-9(8)14-12/h1-2,4-5H,3,6-7H2. The van der Waals surface area contributed by atoms with Crippen molar-refractivity contribution in [3.63, 3.8) is 0 Å². The number of rotatable bonds is 0. The van der Waals surface area contributed by atoms with Crippen molar-refractivity contribution in [1.82, 2.24) is 0 Å². The van der Waals surface area contributed by atoms with Gasteiger partial charge in [-0.05, 0) is 24.0 Å². The second kappa shape index (κ2) is 4.18. The predicted molar refractivity (Wildman–Crippen MR) is 68.5 cm³/mol. The summed E-state index contributed by atoms with van der Waals surface area (Å²) in [4.78, 5) is 13.7. The third-order valence-electron chi connectivity index (χ3n) is 2.51. The molecule has 2 heterocycles. The summed E-state index contributed by atoms with van der Waals surface area (Å²) in [7, 11) is 0. The highest BCUT2D eigenvalue weighted by molar-refractivity contribution is 8.03. The Labute approximate surface area is 101 Å². The Morgan fingerprint density at radius 1 is 1.06 bits per heavy atom. The van der Waals surface area contributed by atoms with Gasteiger partial charge in [-0.25, -0.2) is 4.79 Å². The van der Waals surface area contributed by atoms with E-state index in [2.05, 4.69) is 0 Å². The maximum absolute atomic E-state index is 11.8. The zero-order valence-corrected chi connectivity index (χ0v) is 10.2. The highest BCUT2D eigenvalue weighted by atomic mass is 32.2. The molecule has 1 aromatic heterocycles. The zero-order valence-electron chi connectivity index (χ0n) is 8.56. The minimum Gasteiger partial charge on any atom is -0.422 e. The Bertz CT molecular complexity index is 589. The molecule has 1 aliphatic heterocycles. The van der Waals surface area contributed by atoms with Crippen molar-refractivity contribution in [1.29, 1.82) is 0 Å². The van der Waals surface area contributed by atoms with Gasteiger partial charge in [-0.3, -0.25) is 0 Å². The molecule has 2 nitrogen and oxygen atoms in total. The molecule has 1 aliphatic rings. The molecule has 0 fully saturated rings. The van der Waals surface area contributed by atoms with Gasteiger partial charge < -0.3 is 4.42 Å². The van der Waals surface area contributed by atoms with Gasteiger partial charge in [-0.15, -0.1) is 23.5 Å². The van der Waals surface area contributed by atoms with Crippen LogP contribution in [0.1, 0.15) is 6.42 Å². The van der Waals surface area contributed by atoms with E-state index in [1.54, 1.807) is 23.5 Å². The van der Waals surface area contributed by atoms with Gasteiger partial charge in [0.25, 0.3) is 0 Å². The molecule has 0 saturated carbocycles. The fraction of sp³-hybridized carbons (Fsp3) is 0.250. The molecule has 2 aromatic rings. The van der Waals surface area contributed by atoms with Crippen LogP contribution in [0.4, 0.5) is 0 Å². The summed E-state index contributed by atoms with van der Waals surface area (Å²) in [6.07, 6.45) is 1.14. The van der Waals surface area contributed by atoms with Gasteiger partial charge in [0.15, 0.2) is 0 Å². The highest BCUT2D eigenvalue weighted by Crippen LogP contribution is 2.37. The van der Waals surface area contributed by atoms with Crippen LogP contribution in [-0.4, -0.2) is 11.5 Å². The first-order chi connectivity index (χ1) is 7.86. The Balaban J connectivity index is 2.37. The van der Waals surface area contributed by atoms with Gasteiger partial charge in [-0.1, -0.05) is 18.2 Å². The van der Waals surface area contributed by atoms with E-state index in [0.717, 1.165) is 33.1 Å². The molecule has 0 aliphatic carbocycles. The molecule has 0 unspecified atom stereocenters. The van der Waals surface area contributed by atoms with Crippen molar-refractivity contribution in [3.8, 4) is 0 Å². The Kier molecular flexibility index (Phi) is 2.69. The molecule has 0 atom stereocenters. The number of fused-ring (bicyclic) bond motifs is 3. The lowest BCUT2D eigenvalue weighted by atomic mass is 10.2. The van der Waals surface area contributed by atoms with Gasteiger partial charge in [0.05, 0.1) is 0 Å². The van der Waals surface area contributed by atoms with Crippen LogP contribution in [0, 0.1) is 0 Å². The largest absolute Gasteiger partial charge is 0.422 e. The second-order valence-corrected chi connectivity index (χ2v) is 5.80. The number of thioether (sulfide) groups is 2. The quantitative estimate of drug-likeness (QED) is 0.670. The van der Waals surface area contributed by atoms with Crippen molar-refractivity contribution in [2.75, 3.05) is 11.5 Å². The van der Waals surface area contributed by atoms with E-state index < -0.39 is 0 Å². The fourth-order valence-electron chi connectivity index (χ4n) is 1.78. The Hall–Kier alpha value is -0.870. The van der Waals surface area contributed by atoms with Gasteiger partial charge in [0, 0.05) is 10.3 Å². The molecule has 0 N–H and O–H groups in total. The van der Waals surface area contributed by atoms with Gasteiger partial charge in [-0.2, -0.15) is 0 Å². The van der Waals surface area contributed by atoms with Crippen LogP contribution in [0.15, 0.2) is 43.3 Å². The average molecular weight is 250 g/mol. The van der Waals surface area contributed by atoms with Crippen molar-refractivity contribution in [2.45, 2.75) is 16.2 Å². The third kappa shape index (κ3) is 1.66. The molecule has 0 saturated heterocycles. The molecule has 16 heavy (non-hydrogen) atoms. The molecule has 1 aromatic carbocycles. The van der Waals surface area contributed by atoms with E-state index in [-0.39, 0.29) is 5.63 Å². The lowest BCUT2D eigenvalue weighted by Gasteiger charge is -2.06. The smallest absolute Gasteiger partial charge is 0.351 e. The molecule has 0 amide bonds. The molecular formula is C12H10O2S2. The van der Waals surface area contributed by atoms with Crippen LogP contribution in [0.2, 0.25) is 0 Å². The molecular weight excluding hydrogens is 240 g/mol. The molecule has 3 rings (SSSR count). The maximum atomic E-state index is 11.8. The van der Waals surface area contributed by atoms with Crippen molar-refractivity contribution in [3.05, 3.63) is 34.7 Å². The zero-order chi connectivity index (χ0) is 11.0. The van der Waals surface area contributed by atoms with Crippen molar-refractivity contribution in [2.24, 2.45) is 0 Å².